The van der Waals surface area contributed by atoms with Crippen LogP contribution in [0.5, 0.6) is 0 Å². The van der Waals surface area contributed by atoms with Crippen molar-refractivity contribution in [3.63, 3.8) is 0 Å². The molecule has 2 atom stereocenters. The molecular formula is C20H18F5NO2. The Hall–Kier alpha value is -2.48. The van der Waals surface area contributed by atoms with Gasteiger partial charge in [0.2, 0.25) is 0 Å². The van der Waals surface area contributed by atoms with Crippen LogP contribution in [0.2, 0.25) is 0 Å². The van der Waals surface area contributed by atoms with Crippen LogP contribution >= 0.6 is 0 Å². The third-order valence-corrected chi connectivity index (χ3v) is 4.70. The minimum Gasteiger partial charge on any atom is -0.449 e. The Kier molecular flexibility index (Phi) is 5.69. The van der Waals surface area contributed by atoms with E-state index in [1.807, 2.05) is 6.92 Å². The van der Waals surface area contributed by atoms with Gasteiger partial charge >= 0.3 is 12.1 Å². The number of benzene rings is 2. The molecule has 0 amide bonds. The van der Waals surface area contributed by atoms with Gasteiger partial charge in [0.15, 0.2) is 0 Å². The van der Waals surface area contributed by atoms with Gasteiger partial charge in [0, 0.05) is 25.6 Å². The molecule has 0 radical (unpaired) electrons. The number of rotatable bonds is 3. The minimum absolute atomic E-state index is 0.0531. The molecule has 1 N–H and O–H groups in total. The van der Waals surface area contributed by atoms with Crippen molar-refractivity contribution >= 4 is 5.97 Å². The van der Waals surface area contributed by atoms with E-state index < -0.39 is 29.9 Å². The largest absolute Gasteiger partial charge is 0.490 e. The van der Waals surface area contributed by atoms with Gasteiger partial charge in [-0.1, -0.05) is 31.2 Å². The Morgan fingerprint density at radius 1 is 1.11 bits per heavy atom. The second-order valence-electron chi connectivity index (χ2n) is 6.83. The summed E-state index contributed by atoms with van der Waals surface area (Å²) in [4.78, 5) is 11.3. The van der Waals surface area contributed by atoms with Gasteiger partial charge in [-0.2, -0.15) is 13.2 Å². The van der Waals surface area contributed by atoms with Crippen LogP contribution in [0.3, 0.4) is 0 Å². The standard InChI is InChI=1S/C20H18F5NO2/c1-11-9-26-10-18(28-19(27)20(23,24)25)15-5-2-12(7-16(11)15)6-13-3-4-14(21)8-17(13)22/h2-5,7-8,11,18,26H,6,9-10H2,1H3. The summed E-state index contributed by atoms with van der Waals surface area (Å²) in [5.74, 6) is -3.63. The molecule has 0 spiro atoms. The van der Waals surface area contributed by atoms with Gasteiger partial charge in [0.05, 0.1) is 0 Å². The zero-order valence-corrected chi connectivity index (χ0v) is 14.9. The number of halogens is 5. The number of nitrogens with one attached hydrogen (secondary N) is 1. The fraction of sp³-hybridized carbons (Fsp3) is 0.350. The number of hydrogen-bond acceptors (Lipinski definition) is 3. The number of hydrogen-bond donors (Lipinski definition) is 1. The lowest BCUT2D eigenvalue weighted by Crippen LogP contribution is -2.31. The normalized spacial score (nSPS) is 19.6. The van der Waals surface area contributed by atoms with Crippen LogP contribution in [-0.4, -0.2) is 25.2 Å². The molecule has 8 heteroatoms. The second-order valence-corrected chi connectivity index (χ2v) is 6.83. The Morgan fingerprint density at radius 2 is 1.86 bits per heavy atom. The van der Waals surface area contributed by atoms with E-state index in [2.05, 4.69) is 10.1 Å². The molecule has 0 saturated carbocycles. The average molecular weight is 399 g/mol. The highest BCUT2D eigenvalue weighted by atomic mass is 19.4. The summed E-state index contributed by atoms with van der Waals surface area (Å²) in [5, 5.41) is 2.99. The molecule has 2 unspecified atom stereocenters. The van der Waals surface area contributed by atoms with Gasteiger partial charge in [0.1, 0.15) is 17.7 Å². The van der Waals surface area contributed by atoms with E-state index in [4.69, 9.17) is 0 Å². The van der Waals surface area contributed by atoms with E-state index in [-0.39, 0.29) is 18.9 Å². The van der Waals surface area contributed by atoms with Crippen LogP contribution in [0.4, 0.5) is 22.0 Å². The van der Waals surface area contributed by atoms with Crippen LogP contribution in [0.15, 0.2) is 36.4 Å². The maximum absolute atomic E-state index is 13.9. The first-order valence-corrected chi connectivity index (χ1v) is 8.70. The Morgan fingerprint density at radius 3 is 2.54 bits per heavy atom. The highest BCUT2D eigenvalue weighted by Gasteiger charge is 2.43. The molecule has 3 rings (SSSR count). The lowest BCUT2D eigenvalue weighted by molar-refractivity contribution is -0.205. The molecule has 0 fully saturated rings. The molecule has 0 saturated heterocycles. The van der Waals surface area contributed by atoms with Gasteiger partial charge in [-0.05, 0) is 34.2 Å². The van der Waals surface area contributed by atoms with E-state index >= 15 is 0 Å². The van der Waals surface area contributed by atoms with Crippen molar-refractivity contribution in [3.8, 4) is 0 Å². The van der Waals surface area contributed by atoms with Crippen LogP contribution in [-0.2, 0) is 16.0 Å². The predicted octanol–water partition coefficient (Wildman–Crippen LogP) is 4.41. The van der Waals surface area contributed by atoms with Crippen molar-refractivity contribution in [1.82, 2.24) is 5.32 Å². The minimum atomic E-state index is -5.07. The number of alkyl halides is 3. The van der Waals surface area contributed by atoms with Crippen molar-refractivity contribution in [2.75, 3.05) is 13.1 Å². The first-order valence-electron chi connectivity index (χ1n) is 8.70. The van der Waals surface area contributed by atoms with Gasteiger partial charge in [-0.3, -0.25) is 0 Å². The number of carbonyl (C=O) groups is 1. The van der Waals surface area contributed by atoms with E-state index in [1.165, 1.54) is 12.1 Å². The third kappa shape index (κ3) is 4.49. The van der Waals surface area contributed by atoms with Crippen molar-refractivity contribution < 1.29 is 31.5 Å². The van der Waals surface area contributed by atoms with Crippen molar-refractivity contribution in [1.29, 1.82) is 0 Å². The maximum atomic E-state index is 13.9. The first-order chi connectivity index (χ1) is 13.1. The van der Waals surface area contributed by atoms with E-state index in [1.54, 1.807) is 18.2 Å². The summed E-state index contributed by atoms with van der Waals surface area (Å²) >= 11 is 0. The molecule has 2 aromatic carbocycles. The van der Waals surface area contributed by atoms with E-state index in [0.29, 0.717) is 17.7 Å². The van der Waals surface area contributed by atoms with Crippen LogP contribution in [0.1, 0.15) is 41.2 Å². The predicted molar refractivity (Wildman–Crippen MR) is 91.8 cm³/mol. The number of esters is 1. The first kappa shape index (κ1) is 20.3. The molecule has 3 nitrogen and oxygen atoms in total. The number of carbonyl (C=O) groups excluding carboxylic acids is 1. The fourth-order valence-corrected chi connectivity index (χ4v) is 3.29. The zero-order chi connectivity index (χ0) is 20.5. The molecule has 0 bridgehead atoms. The van der Waals surface area contributed by atoms with Crippen molar-refractivity contribution in [2.24, 2.45) is 0 Å². The SMILES string of the molecule is CC1CNCC(OC(=O)C(F)(F)F)c2ccc(Cc3ccc(F)cc3F)cc21. The highest BCUT2D eigenvalue weighted by Crippen LogP contribution is 2.33. The summed E-state index contributed by atoms with van der Waals surface area (Å²) in [6, 6.07) is 8.34. The second kappa shape index (κ2) is 7.87. The van der Waals surface area contributed by atoms with Gasteiger partial charge in [-0.15, -0.1) is 0 Å². The molecule has 28 heavy (non-hydrogen) atoms. The summed E-state index contributed by atoms with van der Waals surface area (Å²) in [6.07, 6.45) is -5.95. The molecule has 1 heterocycles. The van der Waals surface area contributed by atoms with E-state index in [0.717, 1.165) is 17.2 Å². The van der Waals surface area contributed by atoms with Gasteiger partial charge in [-0.25, -0.2) is 13.6 Å². The van der Waals surface area contributed by atoms with Gasteiger partial charge < -0.3 is 10.1 Å². The number of ether oxygens (including phenoxy) is 1. The van der Waals surface area contributed by atoms with Crippen LogP contribution < -0.4 is 5.32 Å². The van der Waals surface area contributed by atoms with Crippen LogP contribution in [0.25, 0.3) is 0 Å². The third-order valence-electron chi connectivity index (χ3n) is 4.70. The molecule has 2 aromatic rings. The molecule has 0 aliphatic carbocycles. The smallest absolute Gasteiger partial charge is 0.449 e. The monoisotopic (exact) mass is 399 g/mol. The molecule has 150 valence electrons. The van der Waals surface area contributed by atoms with Crippen molar-refractivity contribution in [2.45, 2.75) is 31.5 Å². The zero-order valence-electron chi connectivity index (χ0n) is 14.9. The highest BCUT2D eigenvalue weighted by molar-refractivity contribution is 5.76. The molecule has 1 aliphatic rings. The maximum Gasteiger partial charge on any atom is 0.490 e. The summed E-state index contributed by atoms with van der Waals surface area (Å²) in [7, 11) is 0. The Balaban J connectivity index is 1.90. The molecule has 1 aliphatic heterocycles. The Labute approximate surface area is 158 Å². The van der Waals surface area contributed by atoms with Crippen LogP contribution in [0, 0.1) is 11.6 Å². The molecular weight excluding hydrogens is 381 g/mol. The topological polar surface area (TPSA) is 38.3 Å². The summed E-state index contributed by atoms with van der Waals surface area (Å²) in [6.45, 7) is 2.44. The quantitative estimate of drug-likeness (QED) is 0.614. The number of fused-ring (bicyclic) bond motifs is 1. The average Bonchev–Trinajstić information content (AvgIpc) is 2.76. The van der Waals surface area contributed by atoms with E-state index in [9.17, 15) is 26.7 Å². The van der Waals surface area contributed by atoms with Crippen molar-refractivity contribution in [3.05, 3.63) is 70.3 Å². The summed E-state index contributed by atoms with van der Waals surface area (Å²) in [5.41, 5.74) is 2.24. The van der Waals surface area contributed by atoms with Gasteiger partial charge in [0.25, 0.3) is 0 Å². The molecule has 0 aromatic heterocycles. The summed E-state index contributed by atoms with van der Waals surface area (Å²) < 4.78 is 69.4. The lowest BCUT2D eigenvalue weighted by Gasteiger charge is -2.20. The lowest BCUT2D eigenvalue weighted by atomic mass is 9.90. The Bertz CT molecular complexity index is 881. The fourth-order valence-electron chi connectivity index (χ4n) is 3.29.